The van der Waals surface area contributed by atoms with Gasteiger partial charge in [0.25, 0.3) is 0 Å². The summed E-state index contributed by atoms with van der Waals surface area (Å²) in [5, 5.41) is 0. The number of nitrogens with two attached hydrogens (primary N) is 12. The minimum absolute atomic E-state index is 0.200. The van der Waals surface area contributed by atoms with Gasteiger partial charge in [0.05, 0.1) is 22.5 Å². The first-order valence-corrected chi connectivity index (χ1v) is 47.7. The second kappa shape index (κ2) is 46.9. The van der Waals surface area contributed by atoms with Gasteiger partial charge in [0.15, 0.2) is 0 Å². The second-order valence-electron chi connectivity index (χ2n) is 36.5. The number of esters is 2. The van der Waals surface area contributed by atoms with E-state index in [1.54, 1.807) is 60.7 Å². The molecule has 0 amide bonds. The lowest BCUT2D eigenvalue weighted by molar-refractivity contribution is 0.0719. The van der Waals surface area contributed by atoms with E-state index in [9.17, 15) is 9.59 Å². The molecule has 0 fully saturated rings. The first kappa shape index (κ1) is 103. The van der Waals surface area contributed by atoms with E-state index in [1.165, 1.54) is 86.5 Å². The molecular formula is C126H118N12O10. The Morgan fingerprint density at radius 1 is 0.189 bits per heavy atom. The molecule has 0 atom stereocenters. The maximum absolute atomic E-state index is 12.2. The molecule has 22 nitrogen and oxygen atoms in total. The van der Waals surface area contributed by atoms with Crippen LogP contribution in [0.25, 0.3) is 33.4 Å². The van der Waals surface area contributed by atoms with Crippen molar-refractivity contribution in [3.63, 3.8) is 0 Å². The number of hydrogen-bond donors (Lipinski definition) is 12. The summed E-state index contributed by atoms with van der Waals surface area (Å²) in [6, 6.07) is 135. The van der Waals surface area contributed by atoms with Crippen LogP contribution in [-0.4, -0.2) is 11.9 Å². The summed E-state index contributed by atoms with van der Waals surface area (Å²) < 4.78 is 46.5. The van der Waals surface area contributed by atoms with Crippen molar-refractivity contribution in [2.45, 2.75) is 66.2 Å². The van der Waals surface area contributed by atoms with E-state index in [0.717, 1.165) is 108 Å². The van der Waals surface area contributed by atoms with Crippen LogP contribution in [0, 0.1) is 34.6 Å². The number of aryl methyl sites for hydroxylation is 5. The summed E-state index contributed by atoms with van der Waals surface area (Å²) in [7, 11) is 0. The van der Waals surface area contributed by atoms with Crippen molar-refractivity contribution in [2.24, 2.45) is 0 Å². The highest BCUT2D eigenvalue weighted by Gasteiger charge is 2.32. The number of rotatable bonds is 24. The lowest BCUT2D eigenvalue weighted by Crippen LogP contribution is -2.25. The number of carbonyl (C=O) groups is 2. The van der Waals surface area contributed by atoms with Crippen molar-refractivity contribution < 1.29 is 47.5 Å². The van der Waals surface area contributed by atoms with Crippen molar-refractivity contribution in [1.82, 2.24) is 0 Å². The maximum Gasteiger partial charge on any atom is 0.343 e. The molecule has 0 aliphatic carbocycles. The molecule has 0 bridgehead atoms. The molecule has 19 aromatic carbocycles. The molecule has 22 heteroatoms. The summed E-state index contributed by atoms with van der Waals surface area (Å²) in [5.41, 5.74) is 94.8. The van der Waals surface area contributed by atoms with E-state index in [-0.39, 0.29) is 16.7 Å². The highest BCUT2D eigenvalue weighted by molar-refractivity contribution is 5.94. The summed E-state index contributed by atoms with van der Waals surface area (Å²) >= 11 is 0. The molecule has 19 aromatic rings. The summed E-state index contributed by atoms with van der Waals surface area (Å²) in [6.45, 7) is 16.6. The Morgan fingerprint density at radius 3 is 0.736 bits per heavy atom. The molecule has 742 valence electrons. The lowest BCUT2D eigenvalue weighted by atomic mass is 9.71. The Kier molecular flexibility index (Phi) is 32.6. The third-order valence-corrected chi connectivity index (χ3v) is 24.5. The largest absolute Gasteiger partial charge is 0.457 e. The van der Waals surface area contributed by atoms with Gasteiger partial charge in [0.1, 0.15) is 80.5 Å². The van der Waals surface area contributed by atoms with Crippen LogP contribution in [0.5, 0.6) is 80.5 Å². The van der Waals surface area contributed by atoms with Crippen LogP contribution in [0.4, 0.5) is 68.2 Å². The van der Waals surface area contributed by atoms with Gasteiger partial charge in [-0.05, 0) is 405 Å². The highest BCUT2D eigenvalue weighted by Crippen LogP contribution is 2.44. The summed E-state index contributed by atoms with van der Waals surface area (Å²) in [4.78, 5) is 24.4. The quantitative estimate of drug-likeness (QED) is 0.0116. The van der Waals surface area contributed by atoms with Crippen LogP contribution in [0.3, 0.4) is 0 Å². The number of hydrogen-bond acceptors (Lipinski definition) is 22. The van der Waals surface area contributed by atoms with Gasteiger partial charge in [-0.2, -0.15) is 0 Å². The number of benzene rings is 19. The topological polar surface area (TPSA) is 420 Å². The van der Waals surface area contributed by atoms with Crippen molar-refractivity contribution in [2.75, 3.05) is 68.8 Å². The molecule has 19 rings (SSSR count). The Hall–Kier alpha value is -19.5. The van der Waals surface area contributed by atoms with Crippen molar-refractivity contribution in [3.8, 4) is 114 Å². The fraction of sp³-hybridized carbons (Fsp3) is 0.0794. The third-order valence-electron chi connectivity index (χ3n) is 24.5. The zero-order valence-electron chi connectivity index (χ0n) is 83.4. The van der Waals surface area contributed by atoms with Gasteiger partial charge >= 0.3 is 11.9 Å². The van der Waals surface area contributed by atoms with Gasteiger partial charge in [-0.3, -0.25) is 0 Å². The van der Waals surface area contributed by atoms with Crippen molar-refractivity contribution in [1.29, 1.82) is 0 Å². The molecule has 148 heavy (non-hydrogen) atoms. The maximum atomic E-state index is 12.2. The summed E-state index contributed by atoms with van der Waals surface area (Å²) in [5.74, 6) is 8.27. The second-order valence-corrected chi connectivity index (χ2v) is 36.5. The SMILES string of the molecule is Cc1cc(N)cc(C(=O)Oc2ccc(OC(=O)c3cc(N)cc(N)c3)cc2)c1.Cc1cc(N)ccc1Oc1ccc(C(C)(C)c2ccc(Oc3ccc(N)cc3N)cc2)cc1.Cc1ccc(-c2cc(-c3ccc(N)cc3)cc(-c3ccc(N)cc3)c2)cc1.Cc1ccc(Oc2ccc(C(C)(c3ccc(Oc4ccc(N)cc4)cc3)c3ccc(Oc4ccc(N)cc4)cc3)cc2)cc1.Cc1ccc(Oc2ccc(N)cc2N)cc1. The van der Waals surface area contributed by atoms with Gasteiger partial charge in [0, 0.05) is 67.7 Å². The van der Waals surface area contributed by atoms with Crippen LogP contribution in [0.15, 0.2) is 425 Å². The molecule has 0 unspecified atom stereocenters. The van der Waals surface area contributed by atoms with Crippen LogP contribution >= 0.6 is 0 Å². The molecule has 24 N–H and O–H groups in total. The Bertz CT molecular complexity index is 7160. The Balaban J connectivity index is 0.000000143. The molecule has 0 aromatic heterocycles. The smallest absolute Gasteiger partial charge is 0.343 e. The fourth-order valence-corrected chi connectivity index (χ4v) is 16.2. The van der Waals surface area contributed by atoms with Gasteiger partial charge in [-0.15, -0.1) is 0 Å². The van der Waals surface area contributed by atoms with Gasteiger partial charge in [0.2, 0.25) is 0 Å². The first-order valence-electron chi connectivity index (χ1n) is 47.7. The van der Waals surface area contributed by atoms with Crippen LogP contribution in [0.1, 0.15) is 97.1 Å². The standard InChI is InChI=1S/C39H34N2O3.C28H29N3O2.C25H22N2.C21H19N3O4.C13H14N2O/c1-27-3-15-33(16-4-27)42-34-17-5-28(6-18-34)39(2,29-7-19-35(20-8-29)43-37-23-11-31(40)12-24-37)30-9-21-36(22-10-30)44-38-25-13-32(41)14-26-38;1-18-16-21(29)8-14-26(18)32-23-10-4-19(5-11-23)28(2,3)20-6-12-24(13-7-20)33-27-15-9-22(30)17-25(27)31;1-17-2-4-18(5-3-17)21-14-22(19-6-10-24(26)11-7-19)16-23(15-21)20-8-12-25(27)13-9-20;1-12-6-13(8-15(22)7-12)20(25)27-18-2-4-19(5-3-18)28-21(26)14-9-16(23)11-17(24)10-14;1-9-2-5-11(6-3-9)16-13-7-4-10(14)8-12(13)15/h3-26H,40-41H2,1-2H3;4-17H,29-31H2,1-3H3;2-16H,26-27H2,1H3;2-11H,22-24H2,1H3;2-8H,14-15H2,1H3. The Labute approximate surface area is 862 Å². The molecule has 0 saturated carbocycles. The van der Waals surface area contributed by atoms with E-state index >= 15 is 0 Å². The van der Waals surface area contributed by atoms with Crippen LogP contribution in [0.2, 0.25) is 0 Å². The predicted molar refractivity (Wildman–Crippen MR) is 604 cm³/mol. The number of anilines is 12. The molecular weight excluding hydrogens is 1840 g/mol. The number of ether oxygens (including phenoxy) is 8. The summed E-state index contributed by atoms with van der Waals surface area (Å²) in [6.07, 6.45) is 0. The van der Waals surface area contributed by atoms with Crippen LogP contribution < -0.4 is 107 Å². The van der Waals surface area contributed by atoms with Gasteiger partial charge in [-0.25, -0.2) is 9.59 Å². The lowest BCUT2D eigenvalue weighted by Gasteiger charge is -2.32. The minimum atomic E-state index is -0.598. The zero-order chi connectivity index (χ0) is 105. The van der Waals surface area contributed by atoms with E-state index in [4.69, 9.17) is 107 Å². The average Bonchev–Trinajstić information content (AvgIpc) is 0.755. The molecule has 0 saturated heterocycles. The Morgan fingerprint density at radius 2 is 0.426 bits per heavy atom. The van der Waals surface area contributed by atoms with Gasteiger partial charge < -0.3 is 107 Å². The first-order chi connectivity index (χ1) is 71.1. The highest BCUT2D eigenvalue weighted by atomic mass is 16.5. The normalized spacial score (nSPS) is 10.8. The molecule has 0 spiro atoms. The van der Waals surface area contributed by atoms with E-state index in [1.807, 2.05) is 221 Å². The predicted octanol–water partition coefficient (Wildman–Crippen LogP) is 28.8. The van der Waals surface area contributed by atoms with Crippen LogP contribution in [-0.2, 0) is 10.8 Å². The minimum Gasteiger partial charge on any atom is -0.457 e. The van der Waals surface area contributed by atoms with Crippen molar-refractivity contribution in [3.05, 3.63) is 491 Å². The fourth-order valence-electron chi connectivity index (χ4n) is 16.2. The van der Waals surface area contributed by atoms with E-state index in [0.29, 0.717) is 79.7 Å². The van der Waals surface area contributed by atoms with Gasteiger partial charge in [-0.1, -0.05) is 164 Å². The third kappa shape index (κ3) is 27.9. The molecule has 0 aliphatic heterocycles. The monoisotopic (exact) mass is 1960 g/mol. The average molecular weight is 1960 g/mol. The molecule has 0 radical (unpaired) electrons. The zero-order valence-corrected chi connectivity index (χ0v) is 83.4. The van der Waals surface area contributed by atoms with Crippen molar-refractivity contribution >= 4 is 80.2 Å². The van der Waals surface area contributed by atoms with E-state index < -0.39 is 17.4 Å². The molecule has 0 heterocycles. The number of nitrogen functional groups attached to an aromatic ring is 12. The van der Waals surface area contributed by atoms with E-state index in [2.05, 4.69) is 162 Å². The molecule has 0 aliphatic rings. The number of carbonyl (C=O) groups excluding carboxylic acids is 2.